The minimum Gasteiger partial charge on any atom is -0.391 e. The van der Waals surface area contributed by atoms with Gasteiger partial charge in [0.05, 0.1) is 27.7 Å². The van der Waals surface area contributed by atoms with Gasteiger partial charge >= 0.3 is 0 Å². The number of aromatic nitrogens is 1. The van der Waals surface area contributed by atoms with Crippen molar-refractivity contribution in [3.05, 3.63) is 49.6 Å². The number of rotatable bonds is 7. The number of carbonyl (C=O) groups is 2. The normalized spacial score (nSPS) is 17.7. The molecule has 3 rings (SSSR count). The van der Waals surface area contributed by atoms with Gasteiger partial charge in [0, 0.05) is 12.5 Å². The van der Waals surface area contributed by atoms with Gasteiger partial charge in [-0.3, -0.25) is 9.59 Å². The van der Waals surface area contributed by atoms with E-state index in [0.29, 0.717) is 15.0 Å². The van der Waals surface area contributed by atoms with E-state index >= 15 is 0 Å². The van der Waals surface area contributed by atoms with Gasteiger partial charge in [-0.15, -0.1) is 11.3 Å². The van der Waals surface area contributed by atoms with Gasteiger partial charge in [0.1, 0.15) is 10.8 Å². The summed E-state index contributed by atoms with van der Waals surface area (Å²) in [5, 5.41) is 16.4. The lowest BCUT2D eigenvalue weighted by molar-refractivity contribution is -0.138. The molecule has 1 aliphatic rings. The first-order valence-corrected chi connectivity index (χ1v) is 11.1. The van der Waals surface area contributed by atoms with Gasteiger partial charge in [0.2, 0.25) is 5.78 Å². The van der Waals surface area contributed by atoms with Crippen molar-refractivity contribution in [2.24, 2.45) is 0 Å². The number of aryl methyl sites for hydroxylation is 1. The maximum Gasteiger partial charge on any atom is 0.288 e. The van der Waals surface area contributed by atoms with Crippen LogP contribution in [0.3, 0.4) is 0 Å². The average Bonchev–Trinajstić information content (AvgIpc) is 3.09. The summed E-state index contributed by atoms with van der Waals surface area (Å²) in [5.41, 5.74) is 1.16. The lowest BCUT2D eigenvalue weighted by Gasteiger charge is -2.30. The fourth-order valence-corrected chi connectivity index (χ4v) is 4.65. The number of amides is 1. The number of carbonyl (C=O) groups excluding carboxylic acids is 2. The second kappa shape index (κ2) is 9.88. The molecule has 9 heteroatoms. The molecule has 0 radical (unpaired) electrons. The Hall–Kier alpha value is -1.68. The van der Waals surface area contributed by atoms with Crippen LogP contribution in [-0.2, 0) is 22.6 Å². The monoisotopic (exact) mass is 483 g/mol. The molecule has 2 atom stereocenters. The molecule has 1 aliphatic heterocycles. The van der Waals surface area contributed by atoms with Gasteiger partial charge in [-0.1, -0.05) is 12.5 Å². The van der Waals surface area contributed by atoms with E-state index in [1.54, 1.807) is 6.07 Å². The number of nitrogens with zero attached hydrogens (tertiary/aromatic N) is 1. The van der Waals surface area contributed by atoms with E-state index in [2.05, 4.69) is 31.5 Å². The van der Waals surface area contributed by atoms with Crippen molar-refractivity contribution in [2.75, 3.05) is 6.54 Å². The third kappa shape index (κ3) is 5.48. The third-order valence-electron chi connectivity index (χ3n) is 4.96. The van der Waals surface area contributed by atoms with Gasteiger partial charge < -0.3 is 15.7 Å². The lowest BCUT2D eigenvalue weighted by atomic mass is 9.97. The van der Waals surface area contributed by atoms with Gasteiger partial charge in [-0.2, -0.15) is 0 Å². The SMILES string of the molecule is Cc1nc(C(NC(=O)C(=O)Cc2ccc(Br)c(F)c2)C2CCCCN2)sc1CO. The maximum absolute atomic E-state index is 13.7. The van der Waals surface area contributed by atoms with Crippen molar-refractivity contribution >= 4 is 39.0 Å². The number of piperidine rings is 1. The van der Waals surface area contributed by atoms with Crippen LogP contribution in [0.5, 0.6) is 0 Å². The molecule has 1 amide bonds. The quantitative estimate of drug-likeness (QED) is 0.526. The zero-order valence-corrected chi connectivity index (χ0v) is 18.4. The number of Topliss-reactive ketones (excluding diaryl/α,β-unsaturated/α-hetero) is 1. The number of aliphatic hydroxyl groups excluding tert-OH is 1. The summed E-state index contributed by atoms with van der Waals surface area (Å²) >= 11 is 4.41. The van der Waals surface area contributed by atoms with Crippen LogP contribution in [0.2, 0.25) is 0 Å². The Morgan fingerprint density at radius 2 is 2.24 bits per heavy atom. The first kappa shape index (κ1) is 22.0. The van der Waals surface area contributed by atoms with Crippen LogP contribution in [0.4, 0.5) is 4.39 Å². The summed E-state index contributed by atoms with van der Waals surface area (Å²) < 4.78 is 14.0. The molecule has 2 aromatic rings. The molecule has 3 N–H and O–H groups in total. The number of hydrogen-bond donors (Lipinski definition) is 3. The van der Waals surface area contributed by atoms with Crippen LogP contribution in [-0.4, -0.2) is 34.4 Å². The molecule has 2 heterocycles. The zero-order valence-electron chi connectivity index (χ0n) is 16.0. The van der Waals surface area contributed by atoms with E-state index < -0.39 is 23.5 Å². The number of aliphatic hydroxyl groups is 1. The molecule has 2 unspecified atom stereocenters. The highest BCUT2D eigenvalue weighted by atomic mass is 79.9. The highest BCUT2D eigenvalue weighted by Crippen LogP contribution is 2.29. The van der Waals surface area contributed by atoms with E-state index in [1.807, 2.05) is 6.92 Å². The first-order valence-electron chi connectivity index (χ1n) is 9.47. The van der Waals surface area contributed by atoms with Crippen molar-refractivity contribution in [1.29, 1.82) is 0 Å². The highest BCUT2D eigenvalue weighted by molar-refractivity contribution is 9.10. The highest BCUT2D eigenvalue weighted by Gasteiger charge is 2.31. The Kier molecular flexibility index (Phi) is 7.50. The Balaban J connectivity index is 1.75. The fraction of sp³-hybridized carbons (Fsp3) is 0.450. The molecule has 1 aromatic heterocycles. The second-order valence-electron chi connectivity index (χ2n) is 7.07. The van der Waals surface area contributed by atoms with Crippen LogP contribution in [0, 0.1) is 12.7 Å². The Morgan fingerprint density at radius 3 is 2.86 bits per heavy atom. The molecule has 0 spiro atoms. The van der Waals surface area contributed by atoms with E-state index in [1.165, 1.54) is 23.5 Å². The minimum absolute atomic E-state index is 0.0392. The van der Waals surface area contributed by atoms with E-state index in [9.17, 15) is 19.1 Å². The predicted molar refractivity (Wildman–Crippen MR) is 112 cm³/mol. The Labute approximate surface area is 181 Å². The van der Waals surface area contributed by atoms with Gasteiger partial charge in [0.25, 0.3) is 5.91 Å². The summed E-state index contributed by atoms with van der Waals surface area (Å²) in [6, 6.07) is 3.86. The van der Waals surface area contributed by atoms with Crippen LogP contribution in [0.25, 0.3) is 0 Å². The molecular formula is C20H23BrFN3O3S. The topological polar surface area (TPSA) is 91.3 Å². The summed E-state index contributed by atoms with van der Waals surface area (Å²) in [4.78, 5) is 30.3. The molecule has 1 aromatic carbocycles. The van der Waals surface area contributed by atoms with Crippen LogP contribution >= 0.6 is 27.3 Å². The molecule has 0 aliphatic carbocycles. The van der Waals surface area contributed by atoms with Crippen LogP contribution < -0.4 is 10.6 Å². The third-order valence-corrected chi connectivity index (χ3v) is 6.83. The molecule has 6 nitrogen and oxygen atoms in total. The van der Waals surface area contributed by atoms with Crippen molar-refractivity contribution in [3.8, 4) is 0 Å². The van der Waals surface area contributed by atoms with Gasteiger partial charge in [0.15, 0.2) is 0 Å². The van der Waals surface area contributed by atoms with Crippen molar-refractivity contribution in [2.45, 2.75) is 51.3 Å². The molecule has 0 bridgehead atoms. The zero-order chi connectivity index (χ0) is 21.0. The van der Waals surface area contributed by atoms with Crippen LogP contribution in [0.15, 0.2) is 22.7 Å². The van der Waals surface area contributed by atoms with E-state index in [4.69, 9.17) is 0 Å². The van der Waals surface area contributed by atoms with E-state index in [0.717, 1.165) is 36.4 Å². The summed E-state index contributed by atoms with van der Waals surface area (Å²) in [7, 11) is 0. The molecule has 29 heavy (non-hydrogen) atoms. The molecule has 156 valence electrons. The first-order chi connectivity index (χ1) is 13.9. The van der Waals surface area contributed by atoms with Crippen molar-refractivity contribution in [3.63, 3.8) is 0 Å². The largest absolute Gasteiger partial charge is 0.391 e. The Bertz CT molecular complexity index is 899. The standard InChI is InChI=1S/C20H23BrFN3O3S/c1-11-17(10-26)29-20(24-11)18(15-4-2-3-7-23-15)25-19(28)16(27)9-12-5-6-13(21)14(22)8-12/h5-6,8,15,18,23,26H,2-4,7,9-10H2,1H3,(H,25,28). The molecule has 1 saturated heterocycles. The fourth-order valence-electron chi connectivity index (χ4n) is 3.36. The number of thiazole rings is 1. The summed E-state index contributed by atoms with van der Waals surface area (Å²) in [5.74, 6) is -1.83. The average molecular weight is 484 g/mol. The number of ketones is 1. The van der Waals surface area contributed by atoms with E-state index in [-0.39, 0.29) is 19.1 Å². The van der Waals surface area contributed by atoms with Gasteiger partial charge in [-0.25, -0.2) is 9.37 Å². The maximum atomic E-state index is 13.7. The Morgan fingerprint density at radius 1 is 1.45 bits per heavy atom. The van der Waals surface area contributed by atoms with Crippen molar-refractivity contribution < 1.29 is 19.1 Å². The minimum atomic E-state index is -0.718. The molecule has 1 fully saturated rings. The number of hydrogen-bond acceptors (Lipinski definition) is 6. The van der Waals surface area contributed by atoms with Crippen LogP contribution in [0.1, 0.15) is 46.4 Å². The molecular weight excluding hydrogens is 461 g/mol. The number of benzene rings is 1. The van der Waals surface area contributed by atoms with Gasteiger partial charge in [-0.05, 0) is 59.9 Å². The summed E-state index contributed by atoms with van der Waals surface area (Å²) in [6.07, 6.45) is 2.75. The number of halogens is 2. The smallest absolute Gasteiger partial charge is 0.288 e. The second-order valence-corrected chi connectivity index (χ2v) is 9.04. The number of nitrogens with one attached hydrogen (secondary N) is 2. The predicted octanol–water partition coefficient (Wildman–Crippen LogP) is 2.96. The molecule has 0 saturated carbocycles. The van der Waals surface area contributed by atoms with Crippen molar-refractivity contribution in [1.82, 2.24) is 15.6 Å². The lowest BCUT2D eigenvalue weighted by Crippen LogP contribution is -2.47. The summed E-state index contributed by atoms with van der Waals surface area (Å²) in [6.45, 7) is 2.53.